The van der Waals surface area contributed by atoms with Crippen molar-refractivity contribution in [2.45, 2.75) is 26.3 Å². The van der Waals surface area contributed by atoms with Gasteiger partial charge >= 0.3 is 0 Å². The number of nitrogens with one attached hydrogen (secondary N) is 1. The van der Waals surface area contributed by atoms with Gasteiger partial charge in [0.15, 0.2) is 0 Å². The topological polar surface area (TPSA) is 62.1 Å². The lowest BCUT2D eigenvalue weighted by atomic mass is 10.1. The van der Waals surface area contributed by atoms with E-state index in [0.29, 0.717) is 12.4 Å². The smallest absolute Gasteiger partial charge is 0.262 e. The van der Waals surface area contributed by atoms with Gasteiger partial charge < -0.3 is 10.1 Å². The largest absolute Gasteiger partial charge is 0.488 e. The number of amides is 1. The number of benzene rings is 1. The fourth-order valence-corrected chi connectivity index (χ4v) is 2.10. The Balaban J connectivity index is 2.94. The third-order valence-corrected chi connectivity index (χ3v) is 3.60. The lowest BCUT2D eigenvalue weighted by molar-refractivity contribution is -0.117. The van der Waals surface area contributed by atoms with Gasteiger partial charge in [0.1, 0.15) is 24.0 Å². The van der Waals surface area contributed by atoms with Crippen molar-refractivity contribution in [3.63, 3.8) is 0 Å². The van der Waals surface area contributed by atoms with E-state index in [1.54, 1.807) is 30.4 Å². The lowest BCUT2D eigenvalue weighted by Gasteiger charge is -2.10. The van der Waals surface area contributed by atoms with Gasteiger partial charge in [-0.25, -0.2) is 0 Å². The summed E-state index contributed by atoms with van der Waals surface area (Å²) < 4.78 is 6.21. The molecular formula is C17H19BrN2O2. The van der Waals surface area contributed by atoms with Crippen molar-refractivity contribution in [3.8, 4) is 11.8 Å². The predicted octanol–water partition coefficient (Wildman–Crippen LogP) is 3.84. The van der Waals surface area contributed by atoms with E-state index in [1.807, 2.05) is 19.9 Å². The van der Waals surface area contributed by atoms with Gasteiger partial charge in [-0.3, -0.25) is 4.79 Å². The number of nitriles is 1. The SMILES string of the molecule is C=CCOc1ccc(/C=C(\C#N)C(=O)N[C@@H](C)CC)cc1Br. The molecule has 116 valence electrons. The zero-order valence-electron chi connectivity index (χ0n) is 12.7. The van der Waals surface area contributed by atoms with Crippen molar-refractivity contribution in [2.24, 2.45) is 0 Å². The van der Waals surface area contributed by atoms with Gasteiger partial charge in [0.25, 0.3) is 5.91 Å². The summed E-state index contributed by atoms with van der Waals surface area (Å²) in [5, 5.41) is 11.9. The number of carbonyl (C=O) groups is 1. The Labute approximate surface area is 139 Å². The highest BCUT2D eigenvalue weighted by Gasteiger charge is 2.11. The van der Waals surface area contributed by atoms with Crippen LogP contribution in [0.5, 0.6) is 5.75 Å². The van der Waals surface area contributed by atoms with E-state index in [-0.39, 0.29) is 17.5 Å². The number of nitrogens with zero attached hydrogens (tertiary/aromatic N) is 1. The summed E-state index contributed by atoms with van der Waals surface area (Å²) in [4.78, 5) is 12.0. The highest BCUT2D eigenvalue weighted by Crippen LogP contribution is 2.27. The molecule has 0 aliphatic heterocycles. The van der Waals surface area contributed by atoms with Gasteiger partial charge in [-0.15, -0.1) is 0 Å². The van der Waals surface area contributed by atoms with Crippen LogP contribution in [0.2, 0.25) is 0 Å². The van der Waals surface area contributed by atoms with E-state index < -0.39 is 0 Å². The summed E-state index contributed by atoms with van der Waals surface area (Å²) in [6.07, 6.45) is 4.03. The minimum Gasteiger partial charge on any atom is -0.488 e. The maximum absolute atomic E-state index is 12.0. The zero-order chi connectivity index (χ0) is 16.5. The van der Waals surface area contributed by atoms with Gasteiger partial charge in [-0.05, 0) is 53.0 Å². The van der Waals surface area contributed by atoms with Crippen LogP contribution < -0.4 is 10.1 Å². The third-order valence-electron chi connectivity index (χ3n) is 2.98. The van der Waals surface area contributed by atoms with E-state index in [1.165, 1.54) is 0 Å². The summed E-state index contributed by atoms with van der Waals surface area (Å²) in [5.74, 6) is 0.319. The Morgan fingerprint density at radius 1 is 1.59 bits per heavy atom. The molecule has 0 aliphatic carbocycles. The van der Waals surface area contributed by atoms with Crippen LogP contribution in [0, 0.1) is 11.3 Å². The number of rotatable bonds is 7. The molecule has 0 spiro atoms. The zero-order valence-corrected chi connectivity index (χ0v) is 14.3. The van der Waals surface area contributed by atoms with Crippen molar-refractivity contribution in [1.82, 2.24) is 5.32 Å². The van der Waals surface area contributed by atoms with E-state index in [4.69, 9.17) is 10.00 Å². The fraction of sp³-hybridized carbons (Fsp3) is 0.294. The first-order chi connectivity index (χ1) is 10.5. The van der Waals surface area contributed by atoms with Crippen LogP contribution >= 0.6 is 15.9 Å². The number of ether oxygens (including phenoxy) is 1. The molecule has 0 aliphatic rings. The van der Waals surface area contributed by atoms with Gasteiger partial charge in [0.05, 0.1) is 4.47 Å². The van der Waals surface area contributed by atoms with Crippen molar-refractivity contribution in [3.05, 3.63) is 46.5 Å². The second kappa shape index (κ2) is 9.06. The first kappa shape index (κ1) is 18.0. The standard InChI is InChI=1S/C17H19BrN2O2/c1-4-8-22-16-7-6-13(10-15(16)18)9-14(11-19)17(21)20-12(3)5-2/h4,6-7,9-10,12H,1,5,8H2,2-3H3,(H,20,21)/b14-9+/t12-/m0/s1. The Hall–Kier alpha value is -2.06. The first-order valence-corrected chi connectivity index (χ1v) is 7.77. The highest BCUT2D eigenvalue weighted by atomic mass is 79.9. The monoisotopic (exact) mass is 362 g/mol. The lowest BCUT2D eigenvalue weighted by Crippen LogP contribution is -2.32. The summed E-state index contributed by atoms with van der Waals surface area (Å²) in [5.41, 5.74) is 0.820. The summed E-state index contributed by atoms with van der Waals surface area (Å²) in [6, 6.07) is 7.34. The molecule has 0 radical (unpaired) electrons. The third kappa shape index (κ3) is 5.38. The van der Waals surface area contributed by atoms with Crippen molar-refractivity contribution < 1.29 is 9.53 Å². The summed E-state index contributed by atoms with van der Waals surface area (Å²) in [6.45, 7) is 7.87. The minimum atomic E-state index is -0.361. The number of hydrogen-bond acceptors (Lipinski definition) is 3. The summed E-state index contributed by atoms with van der Waals surface area (Å²) >= 11 is 3.41. The number of halogens is 1. The molecule has 1 aromatic carbocycles. The van der Waals surface area contributed by atoms with Gasteiger partial charge in [0.2, 0.25) is 0 Å². The quantitative estimate of drug-likeness (QED) is 0.455. The van der Waals surface area contributed by atoms with Crippen LogP contribution in [0.15, 0.2) is 40.9 Å². The molecule has 1 aromatic rings. The fourth-order valence-electron chi connectivity index (χ4n) is 1.59. The molecule has 1 rings (SSSR count). The molecule has 0 bridgehead atoms. The molecule has 22 heavy (non-hydrogen) atoms. The molecule has 0 fully saturated rings. The molecular weight excluding hydrogens is 344 g/mol. The number of carbonyl (C=O) groups excluding carboxylic acids is 1. The molecule has 0 aromatic heterocycles. The molecule has 1 N–H and O–H groups in total. The number of hydrogen-bond donors (Lipinski definition) is 1. The van der Waals surface area contributed by atoms with Crippen LogP contribution in [0.3, 0.4) is 0 Å². The van der Waals surface area contributed by atoms with E-state index in [9.17, 15) is 4.79 Å². The molecule has 4 nitrogen and oxygen atoms in total. The van der Waals surface area contributed by atoms with Crippen molar-refractivity contribution >= 4 is 27.9 Å². The average molecular weight is 363 g/mol. The molecule has 0 heterocycles. The molecule has 0 saturated heterocycles. The van der Waals surface area contributed by atoms with Gasteiger partial charge in [-0.1, -0.05) is 25.6 Å². The van der Waals surface area contributed by atoms with Crippen LogP contribution in [0.1, 0.15) is 25.8 Å². The normalized spacial score (nSPS) is 12.2. The Kier molecular flexibility index (Phi) is 7.41. The van der Waals surface area contributed by atoms with Gasteiger partial charge in [0, 0.05) is 6.04 Å². The van der Waals surface area contributed by atoms with E-state index in [0.717, 1.165) is 16.5 Å². The Morgan fingerprint density at radius 2 is 2.32 bits per heavy atom. The van der Waals surface area contributed by atoms with Crippen LogP contribution in [-0.2, 0) is 4.79 Å². The van der Waals surface area contributed by atoms with E-state index in [2.05, 4.69) is 27.8 Å². The molecule has 0 saturated carbocycles. The van der Waals surface area contributed by atoms with Gasteiger partial charge in [-0.2, -0.15) is 5.26 Å². The second-order valence-electron chi connectivity index (χ2n) is 4.74. The molecule has 5 heteroatoms. The molecule has 1 atom stereocenters. The van der Waals surface area contributed by atoms with Crippen molar-refractivity contribution in [2.75, 3.05) is 6.61 Å². The minimum absolute atomic E-state index is 0.0330. The van der Waals surface area contributed by atoms with Crippen molar-refractivity contribution in [1.29, 1.82) is 5.26 Å². The van der Waals surface area contributed by atoms with E-state index >= 15 is 0 Å². The molecule has 1 amide bonds. The maximum atomic E-state index is 12.0. The average Bonchev–Trinajstić information content (AvgIpc) is 2.51. The molecule has 0 unspecified atom stereocenters. The van der Waals surface area contributed by atoms with Crippen LogP contribution in [0.25, 0.3) is 6.08 Å². The Morgan fingerprint density at radius 3 is 2.86 bits per heavy atom. The van der Waals surface area contributed by atoms with Crippen LogP contribution in [-0.4, -0.2) is 18.6 Å². The predicted molar refractivity (Wildman–Crippen MR) is 91.3 cm³/mol. The Bertz CT molecular complexity index is 618. The summed E-state index contributed by atoms with van der Waals surface area (Å²) in [7, 11) is 0. The highest BCUT2D eigenvalue weighted by molar-refractivity contribution is 9.10. The van der Waals surface area contributed by atoms with Crippen LogP contribution in [0.4, 0.5) is 0 Å². The first-order valence-electron chi connectivity index (χ1n) is 6.97. The second-order valence-corrected chi connectivity index (χ2v) is 5.60. The maximum Gasteiger partial charge on any atom is 0.262 e.